The first-order valence-electron chi connectivity index (χ1n) is 9.71. The number of hydrogen-bond acceptors (Lipinski definition) is 2. The van der Waals surface area contributed by atoms with Crippen LogP contribution in [0.3, 0.4) is 0 Å². The van der Waals surface area contributed by atoms with Crippen molar-refractivity contribution in [2.75, 3.05) is 0 Å². The second-order valence-electron chi connectivity index (χ2n) is 7.41. The molecule has 0 fully saturated rings. The van der Waals surface area contributed by atoms with Gasteiger partial charge in [-0.05, 0) is 41.8 Å². The molecular formula is C22H20BrF3N4O. The first kappa shape index (κ1) is 21.4. The molecule has 4 rings (SSSR count). The highest BCUT2D eigenvalue weighted by Crippen LogP contribution is 2.34. The van der Waals surface area contributed by atoms with Gasteiger partial charge in [0.1, 0.15) is 0 Å². The van der Waals surface area contributed by atoms with E-state index in [2.05, 4.69) is 20.9 Å². The topological polar surface area (TPSA) is 44.8 Å². The average molecular weight is 493 g/mol. The van der Waals surface area contributed by atoms with E-state index in [9.17, 15) is 18.0 Å². The highest BCUT2D eigenvalue weighted by atomic mass is 79.9. The normalized spacial score (nSPS) is 12.1. The Bertz CT molecular complexity index is 1320. The highest BCUT2D eigenvalue weighted by molar-refractivity contribution is 9.10. The van der Waals surface area contributed by atoms with Gasteiger partial charge in [0.05, 0.1) is 23.0 Å². The Hall–Kier alpha value is -2.81. The number of alkyl halides is 3. The number of hydrogen-bond donors (Lipinski definition) is 0. The monoisotopic (exact) mass is 492 g/mol. The van der Waals surface area contributed by atoms with Gasteiger partial charge in [0.15, 0.2) is 0 Å². The number of nitrogens with zero attached hydrogens (tertiary/aromatic N) is 4. The number of aryl methyl sites for hydroxylation is 1. The van der Waals surface area contributed by atoms with Crippen molar-refractivity contribution in [2.45, 2.75) is 32.6 Å². The third-order valence-corrected chi connectivity index (χ3v) is 5.94. The molecule has 31 heavy (non-hydrogen) atoms. The van der Waals surface area contributed by atoms with E-state index < -0.39 is 11.7 Å². The van der Waals surface area contributed by atoms with Crippen molar-refractivity contribution in [1.82, 2.24) is 18.9 Å². The zero-order chi connectivity index (χ0) is 22.3. The largest absolute Gasteiger partial charge is 0.418 e. The number of rotatable bonds is 5. The van der Waals surface area contributed by atoms with Crippen molar-refractivity contribution in [1.29, 1.82) is 0 Å². The Balaban J connectivity index is 1.79. The quantitative estimate of drug-likeness (QED) is 0.394. The summed E-state index contributed by atoms with van der Waals surface area (Å²) < 4.78 is 46.7. The molecular weight excluding hydrogens is 473 g/mol. The summed E-state index contributed by atoms with van der Waals surface area (Å²) in [6.07, 6.45) is 2.26. The van der Waals surface area contributed by atoms with Crippen LogP contribution in [0.1, 0.15) is 29.2 Å². The molecule has 162 valence electrons. The minimum atomic E-state index is -4.51. The molecule has 4 aromatic rings. The molecule has 9 heteroatoms. The van der Waals surface area contributed by atoms with Crippen molar-refractivity contribution in [3.8, 4) is 0 Å². The van der Waals surface area contributed by atoms with E-state index in [-0.39, 0.29) is 24.2 Å². The molecule has 0 spiro atoms. The molecule has 3 aromatic heterocycles. The lowest BCUT2D eigenvalue weighted by atomic mass is 10.1. The van der Waals surface area contributed by atoms with Crippen LogP contribution >= 0.6 is 15.9 Å². The molecule has 0 aliphatic rings. The van der Waals surface area contributed by atoms with Crippen molar-refractivity contribution in [2.24, 2.45) is 7.05 Å². The number of benzene rings is 1. The molecule has 0 amide bonds. The molecule has 0 N–H and O–H groups in total. The summed E-state index contributed by atoms with van der Waals surface area (Å²) in [6, 6.07) is 7.03. The van der Waals surface area contributed by atoms with Gasteiger partial charge in [-0.1, -0.05) is 22.9 Å². The minimum absolute atomic E-state index is 0.0821. The maximum Gasteiger partial charge on any atom is 0.418 e. The molecule has 3 heterocycles. The first-order chi connectivity index (χ1) is 14.7. The van der Waals surface area contributed by atoms with E-state index in [4.69, 9.17) is 0 Å². The fourth-order valence-corrected chi connectivity index (χ4v) is 4.21. The summed E-state index contributed by atoms with van der Waals surface area (Å²) in [6.45, 7) is 2.20. The van der Waals surface area contributed by atoms with Crippen LogP contribution in [-0.2, 0) is 32.7 Å². The molecule has 0 atom stereocenters. The van der Waals surface area contributed by atoms with Crippen LogP contribution in [0.4, 0.5) is 13.2 Å². The average Bonchev–Trinajstić information content (AvgIpc) is 3.23. The summed E-state index contributed by atoms with van der Waals surface area (Å²) in [5, 5.41) is 0.460. The van der Waals surface area contributed by atoms with E-state index in [1.54, 1.807) is 42.3 Å². The Kier molecular flexibility index (Phi) is 5.55. The van der Waals surface area contributed by atoms with Gasteiger partial charge < -0.3 is 4.57 Å². The smallest absolute Gasteiger partial charge is 0.349 e. The van der Waals surface area contributed by atoms with Crippen molar-refractivity contribution < 1.29 is 13.2 Å². The van der Waals surface area contributed by atoms with Gasteiger partial charge in [0.2, 0.25) is 0 Å². The predicted molar refractivity (Wildman–Crippen MR) is 116 cm³/mol. The molecule has 0 saturated heterocycles. The van der Waals surface area contributed by atoms with Crippen LogP contribution < -0.4 is 5.56 Å². The number of fused-ring (bicyclic) bond motifs is 1. The van der Waals surface area contributed by atoms with E-state index in [0.29, 0.717) is 10.9 Å². The van der Waals surface area contributed by atoms with Crippen LogP contribution in [0.2, 0.25) is 0 Å². The van der Waals surface area contributed by atoms with E-state index in [1.807, 2.05) is 13.0 Å². The van der Waals surface area contributed by atoms with Gasteiger partial charge in [-0.3, -0.25) is 19.1 Å². The third kappa shape index (κ3) is 4.06. The lowest BCUT2D eigenvalue weighted by molar-refractivity contribution is -0.138. The molecule has 5 nitrogen and oxygen atoms in total. The molecule has 0 saturated carbocycles. The lowest BCUT2D eigenvalue weighted by Gasteiger charge is -2.11. The van der Waals surface area contributed by atoms with Gasteiger partial charge in [0, 0.05) is 48.4 Å². The Morgan fingerprint density at radius 1 is 1.06 bits per heavy atom. The standard InChI is InChI=1S/C22H20BrF3N4O/c1-3-14-6-7-27-9-15(14)10-29-11-16(19(13-29)22(24,25)26)12-30-20-8-17(23)4-5-18(20)21(31)28(30)2/h4-9,11,13H,3,10,12H2,1-2H3. The molecule has 0 aliphatic carbocycles. The van der Waals surface area contributed by atoms with E-state index in [1.165, 1.54) is 15.4 Å². The van der Waals surface area contributed by atoms with E-state index >= 15 is 0 Å². The predicted octanol–water partition coefficient (Wildman–Crippen LogP) is 4.98. The number of aromatic nitrogens is 4. The van der Waals surface area contributed by atoms with Crippen molar-refractivity contribution >= 4 is 26.8 Å². The van der Waals surface area contributed by atoms with Gasteiger partial charge in [-0.15, -0.1) is 0 Å². The van der Waals surface area contributed by atoms with Crippen LogP contribution in [0.25, 0.3) is 10.9 Å². The van der Waals surface area contributed by atoms with Gasteiger partial charge in [0.25, 0.3) is 5.56 Å². The fraction of sp³-hybridized carbons (Fsp3) is 0.273. The fourth-order valence-electron chi connectivity index (χ4n) is 3.87. The Morgan fingerprint density at radius 3 is 2.55 bits per heavy atom. The third-order valence-electron chi connectivity index (χ3n) is 5.45. The van der Waals surface area contributed by atoms with Gasteiger partial charge in [-0.2, -0.15) is 13.2 Å². The summed E-state index contributed by atoms with van der Waals surface area (Å²) >= 11 is 3.37. The van der Waals surface area contributed by atoms with Gasteiger partial charge >= 0.3 is 6.18 Å². The lowest BCUT2D eigenvalue weighted by Crippen LogP contribution is -2.20. The van der Waals surface area contributed by atoms with Crippen LogP contribution in [-0.4, -0.2) is 18.9 Å². The van der Waals surface area contributed by atoms with Crippen LogP contribution in [0.5, 0.6) is 0 Å². The minimum Gasteiger partial charge on any atom is -0.349 e. The van der Waals surface area contributed by atoms with Gasteiger partial charge in [-0.25, -0.2) is 0 Å². The number of pyridine rings is 1. The molecule has 0 radical (unpaired) electrons. The van der Waals surface area contributed by atoms with Crippen molar-refractivity contribution in [3.63, 3.8) is 0 Å². The van der Waals surface area contributed by atoms with Crippen molar-refractivity contribution in [3.05, 3.63) is 86.1 Å². The Labute approximate surface area is 184 Å². The zero-order valence-corrected chi connectivity index (χ0v) is 18.5. The summed E-state index contributed by atoms with van der Waals surface area (Å²) in [4.78, 5) is 16.7. The summed E-state index contributed by atoms with van der Waals surface area (Å²) in [5.41, 5.74) is 1.63. The zero-order valence-electron chi connectivity index (χ0n) is 16.9. The molecule has 0 unspecified atom stereocenters. The Morgan fingerprint density at radius 2 is 1.84 bits per heavy atom. The summed E-state index contributed by atoms with van der Waals surface area (Å²) in [5.74, 6) is 0. The van der Waals surface area contributed by atoms with E-state index in [0.717, 1.165) is 28.2 Å². The molecule has 0 bridgehead atoms. The second kappa shape index (κ2) is 8.03. The van der Waals surface area contributed by atoms with Crippen LogP contribution in [0, 0.1) is 0 Å². The number of halogens is 4. The highest BCUT2D eigenvalue weighted by Gasteiger charge is 2.35. The maximum atomic E-state index is 13.8. The van der Waals surface area contributed by atoms with Crippen LogP contribution in [0.15, 0.2) is 58.3 Å². The SMILES string of the molecule is CCc1ccncc1Cn1cc(Cn2c3cc(Br)ccc3c(=O)n2C)c(C(F)(F)F)c1. The molecule has 1 aromatic carbocycles. The second-order valence-corrected chi connectivity index (χ2v) is 8.33. The maximum absolute atomic E-state index is 13.8. The molecule has 0 aliphatic heterocycles. The first-order valence-corrected chi connectivity index (χ1v) is 10.5. The summed E-state index contributed by atoms with van der Waals surface area (Å²) in [7, 11) is 1.56.